The van der Waals surface area contributed by atoms with Crippen LogP contribution in [0.25, 0.3) is 55.8 Å². The predicted octanol–water partition coefficient (Wildman–Crippen LogP) is 3.68. The van der Waals surface area contributed by atoms with Crippen molar-refractivity contribution in [1.29, 1.82) is 0 Å². The summed E-state index contributed by atoms with van der Waals surface area (Å²) in [7, 11) is 0. The topological polar surface area (TPSA) is 535 Å². The number of hydrogen-bond acceptors (Lipinski definition) is 29. The number of nitrogens with one attached hydrogen (secondary N) is 5. The van der Waals surface area contributed by atoms with E-state index in [1.165, 1.54) is 63.8 Å². The van der Waals surface area contributed by atoms with Gasteiger partial charge in [0, 0.05) is 0 Å². The third-order valence-electron chi connectivity index (χ3n) is 23.4. The van der Waals surface area contributed by atoms with Crippen molar-refractivity contribution in [3.8, 4) is 0 Å². The Balaban J connectivity index is 0.000000142. The molecule has 125 heavy (non-hydrogen) atoms. The van der Waals surface area contributed by atoms with Gasteiger partial charge in [-0.25, -0.2) is 54.2 Å². The Morgan fingerprint density at radius 3 is 1.06 bits per heavy atom. The minimum Gasteiger partial charge on any atom is -0.387 e. The lowest BCUT2D eigenvalue weighted by molar-refractivity contribution is -0.203. The lowest BCUT2D eigenvalue weighted by Crippen LogP contribution is -2.43. The Labute approximate surface area is 720 Å². The second-order valence-electron chi connectivity index (χ2n) is 38.1. The van der Waals surface area contributed by atoms with Gasteiger partial charge in [0.25, 0.3) is 27.8 Å². The van der Waals surface area contributed by atoms with Crippen LogP contribution >= 0.6 is 34.4 Å². The molecular formula is C80H122FN20O19P5. The maximum atomic E-state index is 14.6. The molecule has 20 atom stereocenters. The molecule has 39 nitrogen and oxygen atoms in total. The van der Waals surface area contributed by atoms with Crippen molar-refractivity contribution in [3.05, 3.63) is 113 Å². The van der Waals surface area contributed by atoms with Crippen LogP contribution < -0.4 is 27.8 Å². The highest BCUT2D eigenvalue weighted by molar-refractivity contribution is 7.73. The summed E-state index contributed by atoms with van der Waals surface area (Å²) in [6.45, 7) is 30.2. The van der Waals surface area contributed by atoms with Gasteiger partial charge in [0.15, 0.2) is 93.1 Å². The van der Waals surface area contributed by atoms with Gasteiger partial charge >= 0.3 is 0 Å². The first-order chi connectivity index (χ1) is 57.8. The van der Waals surface area contributed by atoms with Crippen LogP contribution in [0.5, 0.6) is 0 Å². The molecule has 0 unspecified atom stereocenters. The number of aromatic nitrogens is 20. The van der Waals surface area contributed by atoms with Gasteiger partial charge in [0.2, 0.25) is 0 Å². The van der Waals surface area contributed by atoms with E-state index in [0.29, 0.717) is 90.4 Å². The Kier molecular flexibility index (Phi) is 27.4. The number of nitrogens with zero attached hydrogens (tertiary/aromatic N) is 15. The molecule has 0 aromatic carbocycles. The maximum Gasteiger partial charge on any atom is 0.279 e. The summed E-state index contributed by atoms with van der Waals surface area (Å²) in [5.41, 5.74) is -4.80. The standard InChI is InChI=1S/C17H25N4O4P.3C16H25N4O4P.C15H22FN4O3P/c1-10-19-12-11(13(22)20-10)18-9-21(12)15-16(2)14(23)17(25-15,8-24-16)6-7-26(3,4)5;1-9-18-13-10(14(23)19-9)17-8-20(13)15-11(21)12(22)16(2,24-15)6-7-25(3,4)5;2*1-9-18-13-11(14(22)19-9)17-8-20(13)15-16(2,23)12(21)10(24-15)6-7-25(3,4)5;1-8-18-13-11(14(22)19-8)17-7-20(13)15-10(16)12(21)9(23-15)5-6-24(2,3)4/h9,14-15,23H,3,6-8H2,1-2,4-5H3,(H,19,20,22);8,11-12,15,21-22H,3,6-7H2,1-2,4-5H3,(H,18,19,23);2*8,10,12,15,21,23H,3,6-7H2,1-2,4-5H3,(H,18,19,22);7,9-10,12,15,21H,2,5-6H2,1,3-4H3,(H,18,19,22)/t14-,15+,16+,17-;11-,12+,15-,16-;10-,12-,15-,16+;10-,12-,15-,16-;9-,10-,12-,15-/m01111/s1. The zero-order valence-corrected chi connectivity index (χ0v) is 78.7. The first kappa shape index (κ1) is 96.7. The van der Waals surface area contributed by atoms with Crippen molar-refractivity contribution in [2.75, 3.05) is 104 Å². The first-order valence-electron chi connectivity index (χ1n) is 40.9. The summed E-state index contributed by atoms with van der Waals surface area (Å²) in [6, 6.07) is 0. The van der Waals surface area contributed by atoms with E-state index in [9.17, 15) is 69.2 Å². The second kappa shape index (κ2) is 35.5. The molecule has 16 rings (SSSR count). The minimum absolute atomic E-state index is 0.124. The van der Waals surface area contributed by atoms with Gasteiger partial charge in [-0.2, -0.15) is 0 Å². The third kappa shape index (κ3) is 20.3. The molecule has 6 aliphatic heterocycles. The number of rotatable bonds is 20. The van der Waals surface area contributed by atoms with Crippen molar-refractivity contribution in [3.63, 3.8) is 0 Å². The number of aromatic amines is 5. The van der Waals surface area contributed by atoms with Crippen LogP contribution in [-0.2, 0) is 28.4 Å². The fourth-order valence-electron chi connectivity index (χ4n) is 16.2. The molecule has 0 spiro atoms. The number of ether oxygens (including phenoxy) is 6. The summed E-state index contributed by atoms with van der Waals surface area (Å²) in [4.78, 5) is 115. The van der Waals surface area contributed by atoms with E-state index in [2.05, 4.69) is 173 Å². The van der Waals surface area contributed by atoms with Gasteiger partial charge in [-0.05, 0) is 192 Å². The van der Waals surface area contributed by atoms with E-state index in [4.69, 9.17) is 28.4 Å². The number of aliphatic hydroxyl groups excluding tert-OH is 6. The average molecular weight is 1840 g/mol. The van der Waals surface area contributed by atoms with Gasteiger partial charge in [0.05, 0.1) is 62.2 Å². The zero-order valence-electron chi connectivity index (χ0n) is 74.3. The van der Waals surface area contributed by atoms with E-state index >= 15 is 0 Å². The van der Waals surface area contributed by atoms with Gasteiger partial charge in [-0.3, -0.25) is 46.8 Å². The highest BCUT2D eigenvalue weighted by atomic mass is 31.2. The first-order valence-corrected chi connectivity index (χ1v) is 56.2. The molecule has 688 valence electrons. The smallest absolute Gasteiger partial charge is 0.279 e. The third-order valence-corrected chi connectivity index (χ3v) is 30.7. The molecule has 6 aliphatic rings. The fourth-order valence-corrected chi connectivity index (χ4v) is 21.1. The number of aryl methyl sites for hydroxylation is 5. The van der Waals surface area contributed by atoms with E-state index in [1.54, 1.807) is 46.1 Å². The van der Waals surface area contributed by atoms with Gasteiger partial charge in [0.1, 0.15) is 88.2 Å². The molecule has 13 N–H and O–H groups in total. The van der Waals surface area contributed by atoms with Crippen molar-refractivity contribution < 1.29 is 73.7 Å². The SMILES string of the molecule is C=P(C)(C)CC[C@@]1(C)O[C@@H](n2cnc3c(=O)[nH]c(C)nc32)[C@H](O)[C@@H]1O.C=P(C)(C)CC[C@H]1O[C@@H](n2cnc3c(=O)[nH]c(C)nc32)[C@@](C)(O)[C@@H]1O.C=P(C)(C)CC[C@H]1O[C@@H](n2cnc3c(=O)[nH]c(C)nc32)[C@H](F)[C@@H]1O.C=P(C)(C)CC[C@H]1O[C@@H](n2cnc3c(=O)[nH]c(C)nc32)[C@](C)(O)[C@@H]1O.C=P(C)(C)CC[C@]12CO[C@](C)([C@@H]1O)[C@H](n1cnc3c(=O)[nH]c(C)nc31)O2. The molecule has 10 aromatic rings. The maximum absolute atomic E-state index is 14.6. The summed E-state index contributed by atoms with van der Waals surface area (Å²) >= 11 is 0. The van der Waals surface area contributed by atoms with Crippen molar-refractivity contribution in [2.24, 2.45) is 0 Å². The number of fused-ring (bicyclic) bond motifs is 7. The Bertz CT molecular complexity index is 6110. The van der Waals surface area contributed by atoms with Crippen molar-refractivity contribution >= 4 is 122 Å². The van der Waals surface area contributed by atoms with Gasteiger partial charge < -0.3 is 94.2 Å². The molecule has 16 heterocycles. The van der Waals surface area contributed by atoms with Crippen LogP contribution in [0, 0.1) is 34.6 Å². The molecule has 6 saturated heterocycles. The molecule has 0 aliphatic carbocycles. The van der Waals surface area contributed by atoms with E-state index < -0.39 is 155 Å². The number of imidazole rings is 5. The van der Waals surface area contributed by atoms with Crippen LogP contribution in [0.4, 0.5) is 4.39 Å². The number of H-pyrrole nitrogens is 5. The largest absolute Gasteiger partial charge is 0.387 e. The van der Waals surface area contributed by atoms with Crippen LogP contribution in [-0.4, -0.2) is 363 Å². The van der Waals surface area contributed by atoms with E-state index in [0.717, 1.165) is 30.8 Å². The summed E-state index contributed by atoms with van der Waals surface area (Å²) in [6.07, 6.45) is 21.5. The van der Waals surface area contributed by atoms with Gasteiger partial charge in [-0.15, -0.1) is 65.9 Å². The number of halogens is 1. The molecule has 10 aromatic heterocycles. The average Bonchev–Trinajstić information content (AvgIpc) is 1.54. The molecule has 2 bridgehead atoms. The number of aliphatic hydroxyl groups is 8. The minimum atomic E-state index is -1.61. The molecule has 0 saturated carbocycles. The Hall–Kier alpha value is -7.38. The highest BCUT2D eigenvalue weighted by Crippen LogP contribution is 2.56. The lowest BCUT2D eigenvalue weighted by Gasteiger charge is -2.34. The second-order valence-corrected chi connectivity index (χ2v) is 59.7. The quantitative estimate of drug-likeness (QED) is 0.0484. The lowest BCUT2D eigenvalue weighted by atomic mass is 9.89. The van der Waals surface area contributed by atoms with Crippen molar-refractivity contribution in [2.45, 2.75) is 215 Å². The molecule has 0 amide bonds. The predicted molar refractivity (Wildman–Crippen MR) is 491 cm³/mol. The molecule has 45 heteroatoms. The van der Waals surface area contributed by atoms with Gasteiger partial charge in [-0.1, -0.05) is 0 Å². The van der Waals surface area contributed by atoms with Crippen molar-refractivity contribution in [1.82, 2.24) is 97.6 Å². The van der Waals surface area contributed by atoms with E-state index in [-0.39, 0.29) is 61.0 Å². The molecule has 0 radical (unpaired) electrons. The van der Waals surface area contributed by atoms with Crippen LogP contribution in [0.1, 0.15) is 120 Å². The van der Waals surface area contributed by atoms with E-state index in [1.807, 2.05) is 6.92 Å². The number of alkyl halides is 1. The normalized spacial score (nSPS) is 30.6. The number of hydrogen-bond donors (Lipinski definition) is 13. The van der Waals surface area contributed by atoms with Crippen LogP contribution in [0.3, 0.4) is 0 Å². The molecule has 6 fully saturated rings. The summed E-state index contributed by atoms with van der Waals surface area (Å²) < 4.78 is 58.4. The summed E-state index contributed by atoms with van der Waals surface area (Å²) in [5, 5.41) is 85.1. The highest BCUT2D eigenvalue weighted by Gasteiger charge is 2.69. The fraction of sp³-hybridized carbons (Fsp3) is 0.625. The monoisotopic (exact) mass is 1840 g/mol. The molecular weight excluding hydrogens is 1720 g/mol. The van der Waals surface area contributed by atoms with Crippen LogP contribution in [0.15, 0.2) is 55.6 Å². The summed E-state index contributed by atoms with van der Waals surface area (Å²) in [5.74, 6) is 2.23. The Morgan fingerprint density at radius 1 is 0.416 bits per heavy atom. The van der Waals surface area contributed by atoms with Crippen LogP contribution in [0.2, 0.25) is 0 Å². The Morgan fingerprint density at radius 2 is 0.720 bits per heavy atom. The zero-order chi connectivity index (χ0) is 92.3.